The number of fused-ring (bicyclic) bond motifs is 1. The van der Waals surface area contributed by atoms with Crippen molar-refractivity contribution in [1.82, 2.24) is 14.9 Å². The first kappa shape index (κ1) is 14.3. The lowest BCUT2D eigenvalue weighted by molar-refractivity contribution is 0.276. The Morgan fingerprint density at radius 3 is 2.95 bits per heavy atom. The van der Waals surface area contributed by atoms with E-state index >= 15 is 0 Å². The summed E-state index contributed by atoms with van der Waals surface area (Å²) in [5.41, 5.74) is 1.93. The van der Waals surface area contributed by atoms with Gasteiger partial charge in [0.15, 0.2) is 0 Å². The summed E-state index contributed by atoms with van der Waals surface area (Å²) >= 11 is 5.99. The van der Waals surface area contributed by atoms with Crippen LogP contribution in [0.4, 0.5) is 0 Å². The molecule has 0 saturated carbocycles. The predicted octanol–water partition coefficient (Wildman–Crippen LogP) is 2.22. The zero-order valence-corrected chi connectivity index (χ0v) is 12.0. The van der Waals surface area contributed by atoms with Crippen molar-refractivity contribution >= 4 is 22.6 Å². The predicted molar refractivity (Wildman–Crippen MR) is 78.7 cm³/mol. The van der Waals surface area contributed by atoms with Crippen LogP contribution in [0.3, 0.4) is 0 Å². The van der Waals surface area contributed by atoms with Crippen molar-refractivity contribution in [3.8, 4) is 0 Å². The second-order valence-corrected chi connectivity index (χ2v) is 4.97. The zero-order valence-electron chi connectivity index (χ0n) is 11.2. The number of hydrogen-bond acceptors (Lipinski definition) is 3. The van der Waals surface area contributed by atoms with E-state index in [9.17, 15) is 5.11 Å². The van der Waals surface area contributed by atoms with Crippen LogP contribution in [-0.4, -0.2) is 34.4 Å². The van der Waals surface area contributed by atoms with E-state index in [-0.39, 0.29) is 6.61 Å². The number of halogens is 1. The average molecular weight is 282 g/mol. The monoisotopic (exact) mass is 281 g/mol. The molecule has 2 rings (SSSR count). The van der Waals surface area contributed by atoms with E-state index in [0.717, 1.165) is 42.8 Å². The lowest BCUT2D eigenvalue weighted by atomic mass is 10.3. The summed E-state index contributed by atoms with van der Waals surface area (Å²) in [6, 6.07) is 5.69. The van der Waals surface area contributed by atoms with E-state index in [2.05, 4.69) is 21.8 Å². The van der Waals surface area contributed by atoms with Crippen molar-refractivity contribution in [2.24, 2.45) is 0 Å². The standard InChI is InChI=1S/C14H20ClN3O/c1-2-6-16-7-5-14-17-12-10-11(15)3-4-13(12)18(14)8-9-19/h3-4,10,16,19H,2,5-9H2,1H3. The molecule has 0 atom stereocenters. The number of nitrogens with zero attached hydrogens (tertiary/aromatic N) is 2. The Labute approximate surface area is 118 Å². The molecule has 2 N–H and O–H groups in total. The highest BCUT2D eigenvalue weighted by atomic mass is 35.5. The Bertz CT molecular complexity index is 539. The third-order valence-corrected chi connectivity index (χ3v) is 3.30. The molecule has 4 nitrogen and oxygen atoms in total. The maximum Gasteiger partial charge on any atom is 0.111 e. The molecule has 0 unspecified atom stereocenters. The van der Waals surface area contributed by atoms with Crippen LogP contribution in [0, 0.1) is 0 Å². The van der Waals surface area contributed by atoms with Gasteiger partial charge >= 0.3 is 0 Å². The molecule has 19 heavy (non-hydrogen) atoms. The number of aromatic nitrogens is 2. The molecule has 2 aromatic rings. The minimum absolute atomic E-state index is 0.115. The molecule has 0 amide bonds. The van der Waals surface area contributed by atoms with Crippen LogP contribution in [-0.2, 0) is 13.0 Å². The number of imidazole rings is 1. The molecule has 1 heterocycles. The summed E-state index contributed by atoms with van der Waals surface area (Å²) < 4.78 is 2.07. The Balaban J connectivity index is 2.22. The second-order valence-electron chi connectivity index (χ2n) is 4.54. The lowest BCUT2D eigenvalue weighted by Crippen LogP contribution is -2.20. The van der Waals surface area contributed by atoms with Gasteiger partial charge in [-0.25, -0.2) is 4.98 Å². The largest absolute Gasteiger partial charge is 0.395 e. The molecule has 1 aromatic heterocycles. The Morgan fingerprint density at radius 1 is 1.37 bits per heavy atom. The van der Waals surface area contributed by atoms with Crippen LogP contribution in [0.25, 0.3) is 11.0 Å². The maximum absolute atomic E-state index is 9.20. The number of benzene rings is 1. The van der Waals surface area contributed by atoms with Crippen molar-refractivity contribution in [2.75, 3.05) is 19.7 Å². The zero-order chi connectivity index (χ0) is 13.7. The van der Waals surface area contributed by atoms with Gasteiger partial charge < -0.3 is 15.0 Å². The van der Waals surface area contributed by atoms with Gasteiger partial charge in [0, 0.05) is 24.5 Å². The first-order chi connectivity index (χ1) is 9.26. The summed E-state index contributed by atoms with van der Waals surface area (Å²) in [6.45, 7) is 4.75. The quantitative estimate of drug-likeness (QED) is 0.765. The minimum Gasteiger partial charge on any atom is -0.395 e. The van der Waals surface area contributed by atoms with Crippen LogP contribution >= 0.6 is 11.6 Å². The third-order valence-electron chi connectivity index (χ3n) is 3.07. The summed E-state index contributed by atoms with van der Waals surface area (Å²) in [7, 11) is 0. The van der Waals surface area contributed by atoms with Gasteiger partial charge in [-0.15, -0.1) is 0 Å². The SMILES string of the molecule is CCCNCCc1nc2cc(Cl)ccc2n1CCO. The van der Waals surface area contributed by atoms with Gasteiger partial charge in [0.25, 0.3) is 0 Å². The summed E-state index contributed by atoms with van der Waals surface area (Å²) in [4.78, 5) is 4.62. The van der Waals surface area contributed by atoms with E-state index in [4.69, 9.17) is 11.6 Å². The minimum atomic E-state index is 0.115. The molecule has 0 radical (unpaired) electrons. The highest BCUT2D eigenvalue weighted by molar-refractivity contribution is 6.31. The van der Waals surface area contributed by atoms with Gasteiger partial charge in [-0.2, -0.15) is 0 Å². The first-order valence-electron chi connectivity index (χ1n) is 6.72. The molecule has 0 saturated heterocycles. The molecule has 0 aliphatic heterocycles. The molecule has 104 valence electrons. The fourth-order valence-corrected chi connectivity index (χ4v) is 2.36. The number of hydrogen-bond donors (Lipinski definition) is 2. The lowest BCUT2D eigenvalue weighted by Gasteiger charge is -2.07. The molecule has 1 aromatic carbocycles. The number of aliphatic hydroxyl groups is 1. The highest BCUT2D eigenvalue weighted by Gasteiger charge is 2.10. The molecule has 0 bridgehead atoms. The van der Waals surface area contributed by atoms with Crippen molar-refractivity contribution in [1.29, 1.82) is 0 Å². The van der Waals surface area contributed by atoms with E-state index in [1.165, 1.54) is 0 Å². The first-order valence-corrected chi connectivity index (χ1v) is 7.10. The Morgan fingerprint density at radius 2 is 2.21 bits per heavy atom. The van der Waals surface area contributed by atoms with Crippen LogP contribution in [0.5, 0.6) is 0 Å². The van der Waals surface area contributed by atoms with Crippen molar-refractivity contribution in [3.05, 3.63) is 29.0 Å². The van der Waals surface area contributed by atoms with Crippen LogP contribution < -0.4 is 5.32 Å². The number of aliphatic hydroxyl groups excluding tert-OH is 1. The van der Waals surface area contributed by atoms with Gasteiger partial charge in [-0.3, -0.25) is 0 Å². The average Bonchev–Trinajstić information content (AvgIpc) is 2.73. The highest BCUT2D eigenvalue weighted by Crippen LogP contribution is 2.20. The number of nitrogens with one attached hydrogen (secondary N) is 1. The number of rotatable bonds is 7. The Kier molecular flexibility index (Phi) is 5.19. The van der Waals surface area contributed by atoms with Gasteiger partial charge in [-0.05, 0) is 31.2 Å². The van der Waals surface area contributed by atoms with Gasteiger partial charge in [0.05, 0.1) is 17.6 Å². The normalized spacial score (nSPS) is 11.3. The molecule has 0 fully saturated rings. The second kappa shape index (κ2) is 6.89. The fraction of sp³-hybridized carbons (Fsp3) is 0.500. The van der Waals surface area contributed by atoms with Crippen LogP contribution in [0.15, 0.2) is 18.2 Å². The summed E-state index contributed by atoms with van der Waals surface area (Å²) in [5.74, 6) is 0.995. The molecular formula is C14H20ClN3O. The third kappa shape index (κ3) is 3.47. The molecule has 5 heteroatoms. The van der Waals surface area contributed by atoms with Crippen LogP contribution in [0.2, 0.25) is 5.02 Å². The molecular weight excluding hydrogens is 262 g/mol. The van der Waals surface area contributed by atoms with Gasteiger partial charge in [0.1, 0.15) is 5.82 Å². The van der Waals surface area contributed by atoms with E-state index in [1.54, 1.807) is 0 Å². The maximum atomic E-state index is 9.20. The topological polar surface area (TPSA) is 50.1 Å². The van der Waals surface area contributed by atoms with E-state index in [0.29, 0.717) is 11.6 Å². The fourth-order valence-electron chi connectivity index (χ4n) is 2.20. The van der Waals surface area contributed by atoms with Crippen LogP contribution in [0.1, 0.15) is 19.2 Å². The molecule has 0 aliphatic rings. The van der Waals surface area contributed by atoms with E-state index in [1.807, 2.05) is 18.2 Å². The summed E-state index contributed by atoms with van der Waals surface area (Å²) in [6.07, 6.45) is 1.98. The Hall–Kier alpha value is -1.10. The smallest absolute Gasteiger partial charge is 0.111 e. The van der Waals surface area contributed by atoms with Gasteiger partial charge in [-0.1, -0.05) is 18.5 Å². The van der Waals surface area contributed by atoms with Crippen molar-refractivity contribution in [2.45, 2.75) is 26.3 Å². The van der Waals surface area contributed by atoms with Gasteiger partial charge in [0.2, 0.25) is 0 Å². The molecule has 0 aliphatic carbocycles. The van der Waals surface area contributed by atoms with Crippen molar-refractivity contribution < 1.29 is 5.11 Å². The van der Waals surface area contributed by atoms with Crippen molar-refractivity contribution in [3.63, 3.8) is 0 Å². The molecule has 0 spiro atoms. The summed E-state index contributed by atoms with van der Waals surface area (Å²) in [5, 5.41) is 13.3. The van der Waals surface area contributed by atoms with E-state index < -0.39 is 0 Å².